The van der Waals surface area contributed by atoms with E-state index >= 15 is 0 Å². The Hall–Kier alpha value is -0.730. The molecule has 1 fully saturated rings. The van der Waals surface area contributed by atoms with Crippen LogP contribution in [-0.2, 0) is 0 Å². The van der Waals surface area contributed by atoms with Crippen molar-refractivity contribution in [1.29, 1.82) is 0 Å². The highest BCUT2D eigenvalue weighted by atomic mass is 15.2. The molecule has 0 unspecified atom stereocenters. The Morgan fingerprint density at radius 1 is 1.38 bits per heavy atom. The van der Waals surface area contributed by atoms with Crippen molar-refractivity contribution >= 4 is 5.96 Å². The van der Waals surface area contributed by atoms with E-state index in [9.17, 15) is 0 Å². The van der Waals surface area contributed by atoms with Gasteiger partial charge in [0, 0.05) is 20.1 Å². The lowest BCUT2D eigenvalue weighted by atomic mass is 10.4. The molecule has 0 aliphatic carbocycles. The number of hydrogen-bond acceptors (Lipinski definition) is 1. The van der Waals surface area contributed by atoms with E-state index < -0.39 is 0 Å². The summed E-state index contributed by atoms with van der Waals surface area (Å²) in [6.07, 6.45) is 1.19. The van der Waals surface area contributed by atoms with Gasteiger partial charge in [0.1, 0.15) is 0 Å². The van der Waals surface area contributed by atoms with E-state index in [1.165, 1.54) is 6.42 Å². The van der Waals surface area contributed by atoms with E-state index in [4.69, 9.17) is 0 Å². The molecule has 3 nitrogen and oxygen atoms in total. The molecule has 0 atom stereocenters. The molecule has 0 bridgehead atoms. The Bertz CT molecular complexity index is 89.8. The van der Waals surface area contributed by atoms with Gasteiger partial charge in [-0.25, -0.2) is 0 Å². The number of nitrogens with zero attached hydrogens (tertiary/aromatic N) is 1. The Morgan fingerprint density at radius 3 is 2.38 bits per heavy atom. The van der Waals surface area contributed by atoms with Gasteiger partial charge in [0.25, 0.3) is 0 Å². The first-order valence-electron chi connectivity index (χ1n) is 2.88. The van der Waals surface area contributed by atoms with E-state index in [2.05, 4.69) is 15.6 Å². The molecule has 0 amide bonds. The first kappa shape index (κ1) is 5.41. The molecule has 1 heterocycles. The van der Waals surface area contributed by atoms with Gasteiger partial charge in [-0.2, -0.15) is 0 Å². The molecular formula is C5H11N3. The summed E-state index contributed by atoms with van der Waals surface area (Å²) in [5.74, 6) is 0.927. The quantitative estimate of drug-likeness (QED) is 0.446. The van der Waals surface area contributed by atoms with Crippen LogP contribution in [0.5, 0.6) is 0 Å². The first-order chi connectivity index (χ1) is 3.93. The molecule has 3 heteroatoms. The lowest BCUT2D eigenvalue weighted by molar-refractivity contribution is 0.667. The molecule has 2 N–H and O–H groups in total. The van der Waals surface area contributed by atoms with E-state index in [0.29, 0.717) is 0 Å². The number of aliphatic imine (C=N–C) groups is 1. The Kier molecular flexibility index (Phi) is 1.72. The summed E-state index contributed by atoms with van der Waals surface area (Å²) in [6, 6.07) is 0. The molecule has 1 rings (SSSR count). The number of nitrogens with one attached hydrogen (secondary N) is 2. The van der Waals surface area contributed by atoms with Crippen molar-refractivity contribution in [2.45, 2.75) is 6.42 Å². The van der Waals surface area contributed by atoms with Crippen molar-refractivity contribution in [2.24, 2.45) is 4.99 Å². The fourth-order valence-corrected chi connectivity index (χ4v) is 0.723. The standard InChI is InChI=1S/C5H11N3/c1-6-5-7-3-2-4-8-5/h2-4H2,1H3,(H2,6,7,8). The van der Waals surface area contributed by atoms with Crippen LogP contribution in [0.15, 0.2) is 4.99 Å². The monoisotopic (exact) mass is 113 g/mol. The van der Waals surface area contributed by atoms with Gasteiger partial charge in [-0.3, -0.25) is 4.99 Å². The summed E-state index contributed by atoms with van der Waals surface area (Å²) in [4.78, 5) is 3.94. The summed E-state index contributed by atoms with van der Waals surface area (Å²) >= 11 is 0. The number of guanidine groups is 1. The van der Waals surface area contributed by atoms with Gasteiger partial charge >= 0.3 is 0 Å². The maximum absolute atomic E-state index is 3.94. The van der Waals surface area contributed by atoms with Gasteiger partial charge < -0.3 is 10.6 Å². The number of hydrogen-bond donors (Lipinski definition) is 2. The lowest BCUT2D eigenvalue weighted by Crippen LogP contribution is -2.43. The SMILES string of the molecule is CN=C1NCCCN1. The summed E-state index contributed by atoms with van der Waals surface area (Å²) < 4.78 is 0. The van der Waals surface area contributed by atoms with Crippen LogP contribution < -0.4 is 10.6 Å². The molecular weight excluding hydrogens is 102 g/mol. The van der Waals surface area contributed by atoms with E-state index in [0.717, 1.165) is 19.0 Å². The second-order valence-electron chi connectivity index (χ2n) is 1.78. The van der Waals surface area contributed by atoms with Crippen molar-refractivity contribution in [3.05, 3.63) is 0 Å². The predicted molar refractivity (Wildman–Crippen MR) is 34.0 cm³/mol. The fraction of sp³-hybridized carbons (Fsp3) is 0.800. The maximum atomic E-state index is 3.94. The molecule has 1 saturated heterocycles. The zero-order valence-corrected chi connectivity index (χ0v) is 5.07. The average molecular weight is 113 g/mol. The van der Waals surface area contributed by atoms with E-state index in [1.54, 1.807) is 7.05 Å². The van der Waals surface area contributed by atoms with Crippen molar-refractivity contribution in [2.75, 3.05) is 20.1 Å². The topological polar surface area (TPSA) is 36.4 Å². The molecule has 0 spiro atoms. The summed E-state index contributed by atoms with van der Waals surface area (Å²) in [6.45, 7) is 2.11. The Balaban J connectivity index is 2.33. The van der Waals surface area contributed by atoms with Crippen molar-refractivity contribution in [3.8, 4) is 0 Å². The molecule has 8 heavy (non-hydrogen) atoms. The zero-order chi connectivity index (χ0) is 5.82. The highest BCUT2D eigenvalue weighted by Gasteiger charge is 1.99. The summed E-state index contributed by atoms with van der Waals surface area (Å²) in [5.41, 5.74) is 0. The molecule has 0 saturated carbocycles. The minimum atomic E-state index is 0.927. The molecule has 1 aliphatic rings. The van der Waals surface area contributed by atoms with Crippen LogP contribution in [0.2, 0.25) is 0 Å². The Morgan fingerprint density at radius 2 is 2.00 bits per heavy atom. The van der Waals surface area contributed by atoms with Crippen molar-refractivity contribution in [1.82, 2.24) is 10.6 Å². The third kappa shape index (κ3) is 1.12. The fourth-order valence-electron chi connectivity index (χ4n) is 0.723. The lowest BCUT2D eigenvalue weighted by Gasteiger charge is -2.16. The van der Waals surface area contributed by atoms with Gasteiger partial charge in [0.15, 0.2) is 5.96 Å². The third-order valence-electron chi connectivity index (χ3n) is 1.16. The minimum absolute atomic E-state index is 0.927. The van der Waals surface area contributed by atoms with Crippen LogP contribution in [0.3, 0.4) is 0 Å². The highest BCUT2D eigenvalue weighted by molar-refractivity contribution is 5.80. The van der Waals surface area contributed by atoms with Crippen LogP contribution in [-0.4, -0.2) is 26.1 Å². The van der Waals surface area contributed by atoms with Crippen LogP contribution >= 0.6 is 0 Å². The van der Waals surface area contributed by atoms with Crippen LogP contribution in [0.1, 0.15) is 6.42 Å². The normalized spacial score (nSPS) is 18.9. The maximum Gasteiger partial charge on any atom is 0.190 e. The Labute approximate surface area is 49.2 Å². The van der Waals surface area contributed by atoms with Gasteiger partial charge in [0.2, 0.25) is 0 Å². The van der Waals surface area contributed by atoms with Gasteiger partial charge in [-0.1, -0.05) is 0 Å². The molecule has 0 aromatic rings. The van der Waals surface area contributed by atoms with Gasteiger partial charge in [0.05, 0.1) is 0 Å². The highest BCUT2D eigenvalue weighted by Crippen LogP contribution is 1.80. The first-order valence-corrected chi connectivity index (χ1v) is 2.88. The summed E-state index contributed by atoms with van der Waals surface area (Å²) in [7, 11) is 1.78. The van der Waals surface area contributed by atoms with E-state index in [1.807, 2.05) is 0 Å². The smallest absolute Gasteiger partial charge is 0.190 e. The molecule has 0 aromatic carbocycles. The average Bonchev–Trinajstić information content (AvgIpc) is 1.90. The third-order valence-corrected chi connectivity index (χ3v) is 1.16. The summed E-state index contributed by atoms with van der Waals surface area (Å²) in [5, 5.41) is 6.22. The molecule has 46 valence electrons. The second-order valence-corrected chi connectivity index (χ2v) is 1.78. The minimum Gasteiger partial charge on any atom is -0.356 e. The molecule has 0 radical (unpaired) electrons. The van der Waals surface area contributed by atoms with Crippen molar-refractivity contribution < 1.29 is 0 Å². The van der Waals surface area contributed by atoms with Crippen LogP contribution in [0.4, 0.5) is 0 Å². The molecule has 1 aliphatic heterocycles. The van der Waals surface area contributed by atoms with Crippen LogP contribution in [0.25, 0.3) is 0 Å². The molecule has 0 aromatic heterocycles. The van der Waals surface area contributed by atoms with Gasteiger partial charge in [-0.15, -0.1) is 0 Å². The second kappa shape index (κ2) is 2.55. The van der Waals surface area contributed by atoms with E-state index in [-0.39, 0.29) is 0 Å². The largest absolute Gasteiger partial charge is 0.356 e. The zero-order valence-electron chi connectivity index (χ0n) is 5.07. The predicted octanol–water partition coefficient (Wildman–Crippen LogP) is -0.445. The van der Waals surface area contributed by atoms with Crippen molar-refractivity contribution in [3.63, 3.8) is 0 Å². The number of rotatable bonds is 0. The van der Waals surface area contributed by atoms with Crippen LogP contribution in [0, 0.1) is 0 Å². The van der Waals surface area contributed by atoms with Gasteiger partial charge in [-0.05, 0) is 6.42 Å².